The maximum Gasteiger partial charge on any atom is 0.253 e. The summed E-state index contributed by atoms with van der Waals surface area (Å²) in [5.41, 5.74) is 3.54. The normalized spacial score (nSPS) is 16.4. The third-order valence-corrected chi connectivity index (χ3v) is 6.40. The minimum atomic E-state index is -0.0300. The lowest BCUT2D eigenvalue weighted by Crippen LogP contribution is -2.48. The fourth-order valence-electron chi connectivity index (χ4n) is 4.73. The summed E-state index contributed by atoms with van der Waals surface area (Å²) in [4.78, 5) is 28.4. The summed E-state index contributed by atoms with van der Waals surface area (Å²) in [6.07, 6.45) is 5.14. The quantitative estimate of drug-likeness (QED) is 0.675. The summed E-state index contributed by atoms with van der Waals surface area (Å²) in [5, 5.41) is 2.75. The number of likely N-dealkylation sites (tertiary alicyclic amines) is 1. The van der Waals surface area contributed by atoms with Gasteiger partial charge in [-0.25, -0.2) is 0 Å². The Hall–Kier alpha value is -3.02. The van der Waals surface area contributed by atoms with Gasteiger partial charge >= 0.3 is 0 Å². The second-order valence-electron chi connectivity index (χ2n) is 8.66. The lowest BCUT2D eigenvalue weighted by atomic mass is 9.95. The molecule has 0 atom stereocenters. The predicted molar refractivity (Wildman–Crippen MR) is 126 cm³/mol. The Morgan fingerprint density at radius 2 is 1.78 bits per heavy atom. The van der Waals surface area contributed by atoms with E-state index in [-0.39, 0.29) is 11.8 Å². The molecule has 2 aliphatic rings. The average Bonchev–Trinajstić information content (AvgIpc) is 2.83. The van der Waals surface area contributed by atoms with Crippen LogP contribution < -0.4 is 15.0 Å². The molecule has 170 valence electrons. The molecule has 32 heavy (non-hydrogen) atoms. The third-order valence-electron chi connectivity index (χ3n) is 6.40. The van der Waals surface area contributed by atoms with Crippen LogP contribution in [0.1, 0.15) is 48.5 Å². The van der Waals surface area contributed by atoms with Crippen LogP contribution in [0.4, 0.5) is 5.69 Å². The highest BCUT2D eigenvalue weighted by Crippen LogP contribution is 2.31. The zero-order valence-corrected chi connectivity index (χ0v) is 18.9. The Bertz CT molecular complexity index is 920. The molecule has 1 fully saturated rings. The van der Waals surface area contributed by atoms with Crippen LogP contribution in [0.15, 0.2) is 48.5 Å². The molecule has 2 aromatic rings. The zero-order chi connectivity index (χ0) is 22.3. The molecule has 0 spiro atoms. The zero-order valence-electron chi connectivity index (χ0n) is 18.9. The second-order valence-corrected chi connectivity index (χ2v) is 8.66. The van der Waals surface area contributed by atoms with Crippen molar-refractivity contribution >= 4 is 17.5 Å². The molecule has 2 aromatic carbocycles. The van der Waals surface area contributed by atoms with Gasteiger partial charge in [-0.2, -0.15) is 0 Å². The SMILES string of the molecule is CC(=O)NCCCOc1ccc(C(=O)N2CCC(N3CCCc4ccccc43)CC2)cc1. The first kappa shape index (κ1) is 22.2. The van der Waals surface area contributed by atoms with E-state index >= 15 is 0 Å². The minimum Gasteiger partial charge on any atom is -0.494 e. The van der Waals surface area contributed by atoms with Crippen molar-refractivity contribution in [1.82, 2.24) is 10.2 Å². The molecule has 0 radical (unpaired) electrons. The summed E-state index contributed by atoms with van der Waals surface area (Å²) in [7, 11) is 0. The number of fused-ring (bicyclic) bond motifs is 1. The van der Waals surface area contributed by atoms with Crippen LogP contribution in [0.5, 0.6) is 5.75 Å². The molecular weight excluding hydrogens is 402 g/mol. The number of amides is 2. The van der Waals surface area contributed by atoms with Crippen LogP contribution in [-0.2, 0) is 11.2 Å². The molecule has 0 saturated carbocycles. The molecule has 2 aliphatic heterocycles. The van der Waals surface area contributed by atoms with Crippen molar-refractivity contribution in [2.75, 3.05) is 37.7 Å². The van der Waals surface area contributed by atoms with Gasteiger partial charge in [0.05, 0.1) is 6.61 Å². The Morgan fingerprint density at radius 3 is 2.53 bits per heavy atom. The maximum atomic E-state index is 13.0. The van der Waals surface area contributed by atoms with Gasteiger partial charge in [-0.1, -0.05) is 18.2 Å². The smallest absolute Gasteiger partial charge is 0.253 e. The standard InChI is InChI=1S/C26H33N3O3/c1-20(30)27-15-5-19-32-24-11-9-22(10-12-24)26(31)28-17-13-23(14-18-28)29-16-4-7-21-6-2-3-8-25(21)29/h2-3,6,8-12,23H,4-5,7,13-19H2,1H3,(H,27,30). The molecule has 0 unspecified atom stereocenters. The summed E-state index contributed by atoms with van der Waals surface area (Å²) in [5.74, 6) is 0.809. The number of hydrogen-bond donors (Lipinski definition) is 1. The van der Waals surface area contributed by atoms with Crippen LogP contribution >= 0.6 is 0 Å². The molecule has 6 nitrogen and oxygen atoms in total. The van der Waals surface area contributed by atoms with E-state index in [0.29, 0.717) is 24.8 Å². The van der Waals surface area contributed by atoms with Crippen LogP contribution in [0.3, 0.4) is 0 Å². The molecule has 1 saturated heterocycles. The Kier molecular flexibility index (Phi) is 7.30. The van der Waals surface area contributed by atoms with Crippen LogP contribution in [-0.4, -0.2) is 55.5 Å². The van der Waals surface area contributed by atoms with Crippen molar-refractivity contribution in [2.24, 2.45) is 0 Å². The predicted octanol–water partition coefficient (Wildman–Crippen LogP) is 3.65. The van der Waals surface area contributed by atoms with Gasteiger partial charge < -0.3 is 19.9 Å². The van der Waals surface area contributed by atoms with Gasteiger partial charge in [0.15, 0.2) is 0 Å². The topological polar surface area (TPSA) is 61.9 Å². The van der Waals surface area contributed by atoms with Gasteiger partial charge in [-0.05, 0) is 68.0 Å². The van der Waals surface area contributed by atoms with E-state index in [0.717, 1.165) is 44.6 Å². The number of nitrogens with zero attached hydrogens (tertiary/aromatic N) is 2. The van der Waals surface area contributed by atoms with Gasteiger partial charge in [-0.15, -0.1) is 0 Å². The summed E-state index contributed by atoms with van der Waals surface area (Å²) in [6.45, 7) is 5.34. The Morgan fingerprint density at radius 1 is 1.03 bits per heavy atom. The number of para-hydroxylation sites is 1. The number of carbonyl (C=O) groups is 2. The number of carbonyl (C=O) groups excluding carboxylic acids is 2. The fraction of sp³-hybridized carbons (Fsp3) is 0.462. The highest BCUT2D eigenvalue weighted by atomic mass is 16.5. The van der Waals surface area contributed by atoms with Crippen molar-refractivity contribution < 1.29 is 14.3 Å². The van der Waals surface area contributed by atoms with Crippen LogP contribution in [0, 0.1) is 0 Å². The molecule has 0 aliphatic carbocycles. The first-order valence-corrected chi connectivity index (χ1v) is 11.7. The van der Waals surface area contributed by atoms with E-state index in [2.05, 4.69) is 34.5 Å². The summed E-state index contributed by atoms with van der Waals surface area (Å²) >= 11 is 0. The Labute approximate surface area is 190 Å². The van der Waals surface area contributed by atoms with Crippen molar-refractivity contribution in [3.8, 4) is 5.75 Å². The number of rotatable bonds is 7. The molecule has 1 N–H and O–H groups in total. The van der Waals surface area contributed by atoms with Crippen molar-refractivity contribution in [2.45, 2.75) is 45.1 Å². The van der Waals surface area contributed by atoms with Crippen molar-refractivity contribution in [3.63, 3.8) is 0 Å². The van der Waals surface area contributed by atoms with Gasteiger partial charge in [-0.3, -0.25) is 9.59 Å². The lowest BCUT2D eigenvalue weighted by molar-refractivity contribution is -0.118. The van der Waals surface area contributed by atoms with Gasteiger partial charge in [0.25, 0.3) is 5.91 Å². The molecular formula is C26H33N3O3. The number of piperidine rings is 1. The molecule has 2 amide bonds. The van der Waals surface area contributed by atoms with Crippen LogP contribution in [0.2, 0.25) is 0 Å². The summed E-state index contributed by atoms with van der Waals surface area (Å²) < 4.78 is 5.70. The number of benzene rings is 2. The fourth-order valence-corrected chi connectivity index (χ4v) is 4.73. The molecule has 0 aromatic heterocycles. The lowest BCUT2D eigenvalue weighted by Gasteiger charge is -2.42. The number of hydrogen-bond acceptors (Lipinski definition) is 4. The number of anilines is 1. The second kappa shape index (κ2) is 10.5. The van der Waals surface area contributed by atoms with Crippen LogP contribution in [0.25, 0.3) is 0 Å². The largest absolute Gasteiger partial charge is 0.494 e. The molecule has 2 heterocycles. The molecule has 4 rings (SSSR count). The number of nitrogens with one attached hydrogen (secondary N) is 1. The first-order chi connectivity index (χ1) is 15.6. The maximum absolute atomic E-state index is 13.0. The van der Waals surface area contributed by atoms with Gasteiger partial charge in [0.1, 0.15) is 5.75 Å². The van der Waals surface area contributed by atoms with E-state index in [1.807, 2.05) is 29.2 Å². The highest BCUT2D eigenvalue weighted by Gasteiger charge is 2.29. The molecule has 0 bridgehead atoms. The van der Waals surface area contributed by atoms with E-state index in [4.69, 9.17) is 4.74 Å². The number of ether oxygens (including phenoxy) is 1. The van der Waals surface area contributed by atoms with E-state index in [9.17, 15) is 9.59 Å². The highest BCUT2D eigenvalue weighted by molar-refractivity contribution is 5.94. The van der Waals surface area contributed by atoms with Crippen molar-refractivity contribution in [1.29, 1.82) is 0 Å². The van der Waals surface area contributed by atoms with E-state index in [1.54, 1.807) is 0 Å². The summed E-state index contributed by atoms with van der Waals surface area (Å²) in [6, 6.07) is 16.7. The van der Waals surface area contributed by atoms with E-state index in [1.165, 1.54) is 31.0 Å². The monoisotopic (exact) mass is 435 g/mol. The van der Waals surface area contributed by atoms with Crippen molar-refractivity contribution in [3.05, 3.63) is 59.7 Å². The Balaban J connectivity index is 1.26. The van der Waals surface area contributed by atoms with Gasteiger partial charge in [0.2, 0.25) is 5.91 Å². The first-order valence-electron chi connectivity index (χ1n) is 11.7. The minimum absolute atomic E-state index is 0.0300. The van der Waals surface area contributed by atoms with E-state index < -0.39 is 0 Å². The average molecular weight is 436 g/mol. The number of aryl methyl sites for hydroxylation is 1. The van der Waals surface area contributed by atoms with Gasteiger partial charge in [0, 0.05) is 50.4 Å². The molecule has 6 heteroatoms. The third kappa shape index (κ3) is 5.42.